The largest absolute Gasteiger partial charge is 0.478 e. The molecule has 1 aliphatic rings. The Morgan fingerprint density at radius 2 is 2.13 bits per heavy atom. The first kappa shape index (κ1) is 23.8. The molecule has 2 heterocycles. The Kier molecular flexibility index (Phi) is 7.95. The molecule has 0 amide bonds. The summed E-state index contributed by atoms with van der Waals surface area (Å²) in [6.45, 7) is 8.17. The van der Waals surface area contributed by atoms with Crippen LogP contribution in [0.1, 0.15) is 46.6 Å². The number of aliphatic imine (C=N–C) groups is 1. The summed E-state index contributed by atoms with van der Waals surface area (Å²) < 4.78 is 27.7. The van der Waals surface area contributed by atoms with Crippen LogP contribution in [0.2, 0.25) is 0 Å². The van der Waals surface area contributed by atoms with Crippen LogP contribution in [0.5, 0.6) is 0 Å². The fourth-order valence-electron chi connectivity index (χ4n) is 3.01. The Hall–Kier alpha value is -2.48. The van der Waals surface area contributed by atoms with Crippen molar-refractivity contribution in [2.45, 2.75) is 47.0 Å². The number of aliphatic carboxylic acids is 1. The molecule has 0 spiro atoms. The van der Waals surface area contributed by atoms with Crippen LogP contribution in [-0.4, -0.2) is 30.0 Å². The molecule has 0 unspecified atom stereocenters. The van der Waals surface area contributed by atoms with E-state index in [0.29, 0.717) is 12.2 Å². The van der Waals surface area contributed by atoms with Gasteiger partial charge in [0.25, 0.3) is 5.92 Å². The van der Waals surface area contributed by atoms with Gasteiger partial charge in [0.05, 0.1) is 17.0 Å². The van der Waals surface area contributed by atoms with Gasteiger partial charge in [-0.25, -0.2) is 18.6 Å². The highest BCUT2D eigenvalue weighted by Crippen LogP contribution is 2.31. The van der Waals surface area contributed by atoms with Crippen LogP contribution >= 0.6 is 11.3 Å². The molecule has 1 aromatic rings. The van der Waals surface area contributed by atoms with Gasteiger partial charge in [-0.15, -0.1) is 0 Å². The molecule has 0 saturated carbocycles. The number of carboxylic acid groups (broad SMARTS) is 1. The van der Waals surface area contributed by atoms with Crippen molar-refractivity contribution in [1.29, 1.82) is 0 Å². The van der Waals surface area contributed by atoms with E-state index >= 15 is 0 Å². The highest BCUT2D eigenvalue weighted by molar-refractivity contribution is 7.08. The molecule has 2 N–H and O–H groups in total. The van der Waals surface area contributed by atoms with E-state index in [0.717, 1.165) is 29.7 Å². The van der Waals surface area contributed by atoms with Crippen LogP contribution in [0, 0.1) is 5.92 Å². The molecule has 8 heteroatoms. The van der Waals surface area contributed by atoms with Crippen molar-refractivity contribution in [3.8, 4) is 0 Å². The van der Waals surface area contributed by atoms with Gasteiger partial charge in [-0.1, -0.05) is 38.4 Å². The molecule has 1 aliphatic heterocycles. The van der Waals surface area contributed by atoms with E-state index in [1.54, 1.807) is 17.4 Å². The molecule has 1 radical (unpaired) electrons. The van der Waals surface area contributed by atoms with Crippen LogP contribution in [-0.2, 0) is 4.79 Å². The standard InChI is InChI=1S/C22H26BF2N2O2S/c1-6-8-17(16(20(28)29)11-15(7-2)22(5,24)25)26-21-23-18(13(3)4)19(27-21)14-9-10-30-12-14/h7-13H,6H2,1-5H3,(H,26,27)(H,28,29)/b15-7+,16-11+,17-8-. The normalized spacial score (nSPS) is 16.1. The molecular weight excluding hydrogens is 405 g/mol. The summed E-state index contributed by atoms with van der Waals surface area (Å²) in [6.07, 6.45) is 4.42. The lowest BCUT2D eigenvalue weighted by atomic mass is 9.64. The molecule has 0 aromatic carbocycles. The third kappa shape index (κ3) is 5.78. The quantitative estimate of drug-likeness (QED) is 0.318. The Bertz CT molecular complexity index is 937. The lowest BCUT2D eigenvalue weighted by molar-refractivity contribution is -0.132. The van der Waals surface area contributed by atoms with Crippen LogP contribution in [0.3, 0.4) is 0 Å². The third-order valence-corrected chi connectivity index (χ3v) is 5.21. The van der Waals surface area contributed by atoms with E-state index in [-0.39, 0.29) is 22.8 Å². The number of halogens is 2. The van der Waals surface area contributed by atoms with Crippen molar-refractivity contribution in [2.75, 3.05) is 0 Å². The summed E-state index contributed by atoms with van der Waals surface area (Å²) in [5.41, 5.74) is 2.98. The second-order valence-corrected chi connectivity index (χ2v) is 8.04. The van der Waals surface area contributed by atoms with Gasteiger partial charge in [0.1, 0.15) is 0 Å². The lowest BCUT2D eigenvalue weighted by Gasteiger charge is -2.16. The summed E-state index contributed by atoms with van der Waals surface area (Å²) in [4.78, 5) is 16.6. The highest BCUT2D eigenvalue weighted by Gasteiger charge is 2.29. The topological polar surface area (TPSA) is 61.7 Å². The third-order valence-electron chi connectivity index (χ3n) is 4.52. The zero-order valence-electron chi connectivity index (χ0n) is 17.8. The molecule has 159 valence electrons. The number of carboxylic acids is 1. The second kappa shape index (κ2) is 10.0. The van der Waals surface area contributed by atoms with Crippen molar-refractivity contribution in [3.63, 3.8) is 0 Å². The molecule has 0 saturated heterocycles. The SMILES string of the molecule is C\C=C(/C=C(C(=O)O)\C(=C\CC)NC1=NC(c2ccsc2)=C(C(C)C)[B]1)C(C)(F)F. The summed E-state index contributed by atoms with van der Waals surface area (Å²) in [7, 11) is 1.88. The maximum Gasteiger partial charge on any atom is 0.337 e. The molecule has 0 fully saturated rings. The van der Waals surface area contributed by atoms with E-state index in [2.05, 4.69) is 24.2 Å². The molecule has 0 bridgehead atoms. The minimum atomic E-state index is -3.15. The summed E-state index contributed by atoms with van der Waals surface area (Å²) in [5.74, 6) is -4.23. The average Bonchev–Trinajstić information content (AvgIpc) is 3.30. The molecule has 30 heavy (non-hydrogen) atoms. The van der Waals surface area contributed by atoms with Gasteiger partial charge in [-0.05, 0) is 36.8 Å². The van der Waals surface area contributed by atoms with Crippen LogP contribution in [0.15, 0.2) is 62.4 Å². The number of thiophene rings is 1. The number of rotatable bonds is 8. The van der Waals surface area contributed by atoms with Gasteiger partial charge in [0.2, 0.25) is 7.28 Å². The van der Waals surface area contributed by atoms with Crippen LogP contribution in [0.25, 0.3) is 5.70 Å². The molecular formula is C22H26BF2N2O2S. The van der Waals surface area contributed by atoms with Crippen LogP contribution in [0.4, 0.5) is 8.78 Å². The number of alkyl halides is 2. The smallest absolute Gasteiger partial charge is 0.337 e. The van der Waals surface area contributed by atoms with Gasteiger partial charge in [0, 0.05) is 29.1 Å². The molecule has 1 aromatic heterocycles. The van der Waals surface area contributed by atoms with E-state index in [1.807, 2.05) is 31.0 Å². The van der Waals surface area contributed by atoms with Gasteiger partial charge in [-0.2, -0.15) is 11.3 Å². The van der Waals surface area contributed by atoms with E-state index < -0.39 is 11.9 Å². The Labute approximate surface area is 181 Å². The minimum Gasteiger partial charge on any atom is -0.478 e. The van der Waals surface area contributed by atoms with Gasteiger partial charge < -0.3 is 10.4 Å². The first-order valence-electron chi connectivity index (χ1n) is 9.75. The maximum atomic E-state index is 13.8. The predicted molar refractivity (Wildman–Crippen MR) is 121 cm³/mol. The second-order valence-electron chi connectivity index (χ2n) is 7.26. The number of hydrogen-bond donors (Lipinski definition) is 2. The Balaban J connectivity index is 2.41. The minimum absolute atomic E-state index is 0.212. The van der Waals surface area contributed by atoms with E-state index in [1.165, 1.54) is 13.0 Å². The molecule has 2 rings (SSSR count). The Morgan fingerprint density at radius 1 is 1.43 bits per heavy atom. The van der Waals surface area contributed by atoms with Gasteiger partial charge in [0.15, 0.2) is 0 Å². The van der Waals surface area contributed by atoms with E-state index in [4.69, 9.17) is 0 Å². The maximum absolute atomic E-state index is 13.8. The first-order chi connectivity index (χ1) is 14.1. The number of allylic oxidation sites excluding steroid dienone is 5. The average molecular weight is 431 g/mol. The summed E-state index contributed by atoms with van der Waals surface area (Å²) in [6, 6.07) is 1.98. The van der Waals surface area contributed by atoms with Crippen molar-refractivity contribution in [2.24, 2.45) is 10.9 Å². The van der Waals surface area contributed by atoms with Gasteiger partial charge >= 0.3 is 5.97 Å². The number of hydrogen-bond acceptors (Lipinski definition) is 4. The Morgan fingerprint density at radius 3 is 2.60 bits per heavy atom. The summed E-state index contributed by atoms with van der Waals surface area (Å²) >= 11 is 1.57. The number of amidine groups is 1. The zero-order chi connectivity index (χ0) is 22.5. The highest BCUT2D eigenvalue weighted by atomic mass is 32.1. The van der Waals surface area contributed by atoms with Crippen LogP contribution < -0.4 is 5.32 Å². The summed E-state index contributed by atoms with van der Waals surface area (Å²) in [5, 5.41) is 16.7. The number of nitrogens with zero attached hydrogens (tertiary/aromatic N) is 1. The van der Waals surface area contributed by atoms with Gasteiger partial charge in [-0.3, -0.25) is 0 Å². The van der Waals surface area contributed by atoms with E-state index in [9.17, 15) is 18.7 Å². The van der Waals surface area contributed by atoms with Crippen molar-refractivity contribution >= 4 is 36.0 Å². The lowest BCUT2D eigenvalue weighted by Crippen LogP contribution is -2.30. The van der Waals surface area contributed by atoms with Crippen molar-refractivity contribution in [1.82, 2.24) is 5.32 Å². The number of carbonyl (C=O) groups is 1. The monoisotopic (exact) mass is 431 g/mol. The fourth-order valence-corrected chi connectivity index (χ4v) is 3.65. The molecule has 0 aliphatic carbocycles. The first-order valence-corrected chi connectivity index (χ1v) is 10.7. The fraction of sp³-hybridized carbons (Fsp3) is 0.364. The van der Waals surface area contributed by atoms with Crippen molar-refractivity contribution in [3.05, 3.63) is 62.9 Å². The molecule has 0 atom stereocenters. The van der Waals surface area contributed by atoms with Crippen molar-refractivity contribution < 1.29 is 18.7 Å². The zero-order valence-corrected chi connectivity index (χ0v) is 18.6. The number of nitrogens with one attached hydrogen (secondary N) is 1. The molecule has 4 nitrogen and oxygen atoms in total. The predicted octanol–water partition coefficient (Wildman–Crippen LogP) is 5.64.